The molecule has 0 radical (unpaired) electrons. The van der Waals surface area contributed by atoms with E-state index in [1.165, 1.54) is 11.8 Å². The zero-order valence-electron chi connectivity index (χ0n) is 25.4. The number of pyridine rings is 1. The lowest BCUT2D eigenvalue weighted by Crippen LogP contribution is -2.42. The van der Waals surface area contributed by atoms with E-state index < -0.39 is 0 Å². The van der Waals surface area contributed by atoms with Crippen molar-refractivity contribution >= 4 is 29.4 Å². The van der Waals surface area contributed by atoms with Crippen molar-refractivity contribution < 1.29 is 19.1 Å². The van der Waals surface area contributed by atoms with Crippen LogP contribution in [-0.4, -0.2) is 53.1 Å². The molecule has 1 atom stereocenters. The molecule has 1 aliphatic heterocycles. The number of amides is 2. The van der Waals surface area contributed by atoms with Crippen LogP contribution in [0.25, 0.3) is 5.69 Å². The summed E-state index contributed by atoms with van der Waals surface area (Å²) >= 11 is 1.52. The molecule has 0 aliphatic carbocycles. The number of nitrogens with one attached hydrogen (secondary N) is 1. The molecule has 10 heteroatoms. The largest absolute Gasteiger partial charge is 0.493 e. The van der Waals surface area contributed by atoms with Gasteiger partial charge in [0.05, 0.1) is 48.8 Å². The van der Waals surface area contributed by atoms with Crippen LogP contribution >= 0.6 is 11.8 Å². The minimum atomic E-state index is -0.366. The maximum Gasteiger partial charge on any atom is 0.240 e. The lowest BCUT2D eigenvalue weighted by molar-refractivity contribution is -0.123. The first kappa shape index (κ1) is 30.2. The van der Waals surface area contributed by atoms with Crippen LogP contribution < -0.4 is 19.7 Å². The second-order valence-corrected chi connectivity index (χ2v) is 12.6. The number of aryl methyl sites for hydroxylation is 1. The first-order chi connectivity index (χ1) is 20.6. The topological polar surface area (TPSA) is 98.6 Å². The Bertz CT molecular complexity index is 1630. The highest BCUT2D eigenvalue weighted by atomic mass is 32.2. The molecule has 1 aliphatic rings. The van der Waals surface area contributed by atoms with E-state index in [2.05, 4.69) is 31.1 Å². The van der Waals surface area contributed by atoms with Gasteiger partial charge in [0.1, 0.15) is 12.4 Å². The molecule has 0 spiro atoms. The summed E-state index contributed by atoms with van der Waals surface area (Å²) in [5.74, 6) is 1.55. The Hall–Kier alpha value is -4.31. The molecule has 4 aromatic rings. The van der Waals surface area contributed by atoms with Crippen LogP contribution in [0.4, 0.5) is 5.82 Å². The number of hydrogen-bond acceptors (Lipinski definition) is 7. The van der Waals surface area contributed by atoms with E-state index in [0.29, 0.717) is 17.3 Å². The van der Waals surface area contributed by atoms with Crippen LogP contribution in [0.5, 0.6) is 11.5 Å². The number of fused-ring (bicyclic) bond motifs is 1. The summed E-state index contributed by atoms with van der Waals surface area (Å²) in [6.07, 6.45) is 1.69. The van der Waals surface area contributed by atoms with Crippen molar-refractivity contribution in [1.29, 1.82) is 0 Å². The molecule has 5 rings (SSSR count). The third-order valence-corrected chi connectivity index (χ3v) is 8.51. The van der Waals surface area contributed by atoms with Crippen molar-refractivity contribution in [2.24, 2.45) is 0 Å². The number of anilines is 1. The van der Waals surface area contributed by atoms with Gasteiger partial charge in [-0.2, -0.15) is 5.10 Å². The van der Waals surface area contributed by atoms with Gasteiger partial charge in [-0.15, -0.1) is 11.8 Å². The molecule has 2 aromatic heterocycles. The Morgan fingerprint density at radius 3 is 2.51 bits per heavy atom. The summed E-state index contributed by atoms with van der Waals surface area (Å²) in [6, 6.07) is 19.4. The quantitative estimate of drug-likeness (QED) is 0.291. The minimum Gasteiger partial charge on any atom is -0.493 e. The predicted octanol–water partition coefficient (Wildman–Crippen LogP) is 5.38. The lowest BCUT2D eigenvalue weighted by atomic mass is 9.87. The number of ether oxygens (including phenoxy) is 2. The molecule has 9 nitrogen and oxygen atoms in total. The van der Waals surface area contributed by atoms with Crippen LogP contribution in [0, 0.1) is 6.92 Å². The number of benzene rings is 2. The second-order valence-electron chi connectivity index (χ2n) is 11.5. The zero-order valence-corrected chi connectivity index (χ0v) is 26.2. The van der Waals surface area contributed by atoms with E-state index in [4.69, 9.17) is 14.6 Å². The highest BCUT2D eigenvalue weighted by molar-refractivity contribution is 8.00. The maximum atomic E-state index is 13.9. The summed E-state index contributed by atoms with van der Waals surface area (Å²) in [6.45, 7) is 8.48. The van der Waals surface area contributed by atoms with Gasteiger partial charge in [-0.05, 0) is 54.4 Å². The van der Waals surface area contributed by atoms with Gasteiger partial charge < -0.3 is 14.8 Å². The van der Waals surface area contributed by atoms with Gasteiger partial charge in [0, 0.05) is 17.2 Å². The van der Waals surface area contributed by atoms with Crippen LogP contribution in [0.2, 0.25) is 0 Å². The molecule has 43 heavy (non-hydrogen) atoms. The van der Waals surface area contributed by atoms with Crippen LogP contribution in [-0.2, 0) is 21.5 Å². The van der Waals surface area contributed by atoms with Gasteiger partial charge in [-0.3, -0.25) is 19.5 Å². The van der Waals surface area contributed by atoms with Crippen molar-refractivity contribution in [2.45, 2.75) is 44.9 Å². The van der Waals surface area contributed by atoms with E-state index in [-0.39, 0.29) is 41.3 Å². The van der Waals surface area contributed by atoms with E-state index in [1.54, 1.807) is 25.3 Å². The SMILES string of the molecule is COc1ccc([C@@H]2SCC(=O)N(CC(=O)NCc3ccccn3)c3c2c(C(C)(C)C)nn3-c2cccc(C)c2)cc1OC. The fourth-order valence-electron chi connectivity index (χ4n) is 5.18. The third-order valence-electron chi connectivity index (χ3n) is 7.25. The number of carbonyl (C=O) groups is 2. The molecule has 3 heterocycles. The monoisotopic (exact) mass is 599 g/mol. The zero-order chi connectivity index (χ0) is 30.7. The van der Waals surface area contributed by atoms with Crippen molar-refractivity contribution in [3.8, 4) is 17.2 Å². The number of thioether (sulfide) groups is 1. The van der Waals surface area contributed by atoms with E-state index in [0.717, 1.165) is 33.8 Å². The van der Waals surface area contributed by atoms with Crippen molar-refractivity contribution in [1.82, 2.24) is 20.1 Å². The average molecular weight is 600 g/mol. The number of methoxy groups -OCH3 is 2. The summed E-state index contributed by atoms with van der Waals surface area (Å²) in [7, 11) is 3.22. The predicted molar refractivity (Wildman–Crippen MR) is 169 cm³/mol. The van der Waals surface area contributed by atoms with Crippen LogP contribution in [0.3, 0.4) is 0 Å². The molecule has 0 saturated carbocycles. The van der Waals surface area contributed by atoms with Crippen molar-refractivity contribution in [3.05, 3.63) is 94.9 Å². The van der Waals surface area contributed by atoms with E-state index in [1.807, 2.05) is 72.3 Å². The van der Waals surface area contributed by atoms with E-state index in [9.17, 15) is 9.59 Å². The van der Waals surface area contributed by atoms with Crippen LogP contribution in [0.15, 0.2) is 66.9 Å². The molecule has 2 amide bonds. The van der Waals surface area contributed by atoms with Gasteiger partial charge in [0.15, 0.2) is 11.5 Å². The fraction of sp³-hybridized carbons (Fsp3) is 0.333. The summed E-state index contributed by atoms with van der Waals surface area (Å²) in [5.41, 5.74) is 4.95. The number of nitrogens with zero attached hydrogens (tertiary/aromatic N) is 4. The first-order valence-electron chi connectivity index (χ1n) is 14.1. The van der Waals surface area contributed by atoms with Crippen molar-refractivity contribution in [3.63, 3.8) is 0 Å². The molecular weight excluding hydrogens is 562 g/mol. The molecule has 1 N–H and O–H groups in total. The normalized spacial score (nSPS) is 15.1. The lowest BCUT2D eigenvalue weighted by Gasteiger charge is -2.25. The summed E-state index contributed by atoms with van der Waals surface area (Å²) < 4.78 is 13.0. The van der Waals surface area contributed by atoms with Gasteiger partial charge >= 0.3 is 0 Å². The van der Waals surface area contributed by atoms with Crippen LogP contribution in [0.1, 0.15) is 54.1 Å². The highest BCUT2D eigenvalue weighted by Gasteiger charge is 2.40. The Morgan fingerprint density at radius 2 is 1.84 bits per heavy atom. The molecule has 224 valence electrons. The molecule has 0 fully saturated rings. The minimum absolute atomic E-state index is 0.154. The first-order valence-corrected chi connectivity index (χ1v) is 15.2. The van der Waals surface area contributed by atoms with Crippen molar-refractivity contribution in [2.75, 3.05) is 31.4 Å². The standard InChI is InChI=1S/C33H37N5O4S/c1-21-10-9-12-24(16-21)38-32-29(31(36-38)33(2,3)4)30(22-13-14-25(41-5)26(17-22)42-6)43-20-28(40)37(32)19-27(39)35-18-23-11-7-8-15-34-23/h7-17,30H,18-20H2,1-6H3,(H,35,39)/t30-/m0/s1. The number of carbonyl (C=O) groups excluding carboxylic acids is 2. The summed E-state index contributed by atoms with van der Waals surface area (Å²) in [4.78, 5) is 33.2. The molecular formula is C33H37N5O4S. The molecule has 0 saturated heterocycles. The molecule has 0 unspecified atom stereocenters. The maximum absolute atomic E-state index is 13.9. The number of hydrogen-bond donors (Lipinski definition) is 1. The Labute approximate surface area is 256 Å². The Balaban J connectivity index is 1.67. The molecule has 0 bridgehead atoms. The fourth-order valence-corrected chi connectivity index (χ4v) is 6.37. The number of rotatable bonds is 8. The Kier molecular flexibility index (Phi) is 8.77. The summed E-state index contributed by atoms with van der Waals surface area (Å²) in [5, 5.41) is 7.84. The van der Waals surface area contributed by atoms with Gasteiger partial charge in [0.2, 0.25) is 11.8 Å². The molecule has 2 aromatic carbocycles. The number of aromatic nitrogens is 3. The Morgan fingerprint density at radius 1 is 1.05 bits per heavy atom. The smallest absolute Gasteiger partial charge is 0.240 e. The second kappa shape index (κ2) is 12.5. The van der Waals surface area contributed by atoms with Gasteiger partial charge in [-0.25, -0.2) is 4.68 Å². The van der Waals surface area contributed by atoms with E-state index >= 15 is 0 Å². The van der Waals surface area contributed by atoms with Gasteiger partial charge in [0.25, 0.3) is 0 Å². The third kappa shape index (κ3) is 6.39. The van der Waals surface area contributed by atoms with Gasteiger partial charge in [-0.1, -0.05) is 45.0 Å². The average Bonchev–Trinajstić information content (AvgIpc) is 3.34. The highest BCUT2D eigenvalue weighted by Crippen LogP contribution is 2.49.